The molecule has 7 nitrogen and oxygen atoms in total. The highest BCUT2D eigenvalue weighted by Crippen LogP contribution is 2.27. The molecule has 0 aliphatic carbocycles. The van der Waals surface area contributed by atoms with Crippen molar-refractivity contribution < 1.29 is 19.6 Å². The number of nitrogens with zero attached hydrogens (tertiary/aromatic N) is 2. The van der Waals surface area contributed by atoms with E-state index in [-0.39, 0.29) is 31.1 Å². The van der Waals surface area contributed by atoms with Gasteiger partial charge in [-0.3, -0.25) is 19.7 Å². The first-order valence-corrected chi connectivity index (χ1v) is 6.61. The van der Waals surface area contributed by atoms with Crippen LogP contribution in [0.5, 0.6) is 0 Å². The van der Waals surface area contributed by atoms with Crippen molar-refractivity contribution in [3.05, 3.63) is 38.3 Å². The summed E-state index contributed by atoms with van der Waals surface area (Å²) in [6.07, 6.45) is -0.0000657. The molecule has 1 N–H and O–H groups in total. The average Bonchev–Trinajstić information content (AvgIpc) is 2.73. The van der Waals surface area contributed by atoms with Gasteiger partial charge in [-0.1, -0.05) is 15.9 Å². The second-order valence-corrected chi connectivity index (χ2v) is 5.40. The van der Waals surface area contributed by atoms with Crippen molar-refractivity contribution in [1.29, 1.82) is 0 Å². The molecule has 0 radical (unpaired) electrons. The quantitative estimate of drug-likeness (QED) is 0.663. The summed E-state index contributed by atoms with van der Waals surface area (Å²) in [5.74, 6) is -1.88. The molecule has 1 aromatic rings. The second kappa shape index (κ2) is 5.58. The van der Waals surface area contributed by atoms with Gasteiger partial charge in [-0.15, -0.1) is 0 Å². The summed E-state index contributed by atoms with van der Waals surface area (Å²) in [5.41, 5.74) is 0.659. The Morgan fingerprint density at radius 3 is 2.75 bits per heavy atom. The van der Waals surface area contributed by atoms with Crippen molar-refractivity contribution in [1.82, 2.24) is 4.90 Å². The molecule has 1 aliphatic heterocycles. The largest absolute Gasteiger partial charge is 0.481 e. The number of hydrogen-bond donors (Lipinski definition) is 1. The molecular weight excluding hydrogens is 332 g/mol. The average molecular weight is 343 g/mol. The van der Waals surface area contributed by atoms with Crippen molar-refractivity contribution in [3.8, 4) is 0 Å². The maximum atomic E-state index is 11.7. The molecular formula is C12H11BrN2O5. The Balaban J connectivity index is 2.13. The van der Waals surface area contributed by atoms with Gasteiger partial charge in [0, 0.05) is 36.1 Å². The molecule has 2 rings (SSSR count). The number of non-ortho nitro benzene ring substituents is 1. The van der Waals surface area contributed by atoms with Gasteiger partial charge in [0.05, 0.1) is 10.8 Å². The zero-order valence-electron chi connectivity index (χ0n) is 10.3. The van der Waals surface area contributed by atoms with Gasteiger partial charge in [0.2, 0.25) is 5.91 Å². The van der Waals surface area contributed by atoms with Crippen LogP contribution in [-0.4, -0.2) is 33.4 Å². The Bertz CT molecular complexity index is 589. The first-order valence-electron chi connectivity index (χ1n) is 5.82. The van der Waals surface area contributed by atoms with Crippen LogP contribution < -0.4 is 0 Å². The molecule has 1 fully saturated rings. The SMILES string of the molecule is O=C(O)C1CC(=O)N(Cc2ccc([N+](=O)[O-])cc2Br)C1. The predicted molar refractivity (Wildman–Crippen MR) is 72.0 cm³/mol. The fraction of sp³-hybridized carbons (Fsp3) is 0.333. The Hall–Kier alpha value is -1.96. The Kier molecular flexibility index (Phi) is 4.03. The number of rotatable bonds is 4. The number of nitro benzene ring substituents is 1. The first-order chi connectivity index (χ1) is 9.38. The number of carboxylic acids is 1. The number of hydrogen-bond acceptors (Lipinski definition) is 4. The first kappa shape index (κ1) is 14.4. The lowest BCUT2D eigenvalue weighted by Gasteiger charge is -2.16. The monoisotopic (exact) mass is 342 g/mol. The third kappa shape index (κ3) is 2.96. The van der Waals surface area contributed by atoms with Crippen LogP contribution in [0.2, 0.25) is 0 Å². The van der Waals surface area contributed by atoms with Gasteiger partial charge in [0.25, 0.3) is 5.69 Å². The van der Waals surface area contributed by atoms with Gasteiger partial charge in [0.15, 0.2) is 0 Å². The third-order valence-electron chi connectivity index (χ3n) is 3.17. The van der Waals surface area contributed by atoms with E-state index in [2.05, 4.69) is 15.9 Å². The van der Waals surface area contributed by atoms with Crippen molar-refractivity contribution >= 4 is 33.5 Å². The van der Waals surface area contributed by atoms with E-state index < -0.39 is 16.8 Å². The summed E-state index contributed by atoms with van der Waals surface area (Å²) in [7, 11) is 0. The lowest BCUT2D eigenvalue weighted by Crippen LogP contribution is -2.25. The summed E-state index contributed by atoms with van der Waals surface area (Å²) < 4.78 is 0.526. The van der Waals surface area contributed by atoms with E-state index in [0.717, 1.165) is 0 Å². The maximum absolute atomic E-state index is 11.7. The highest BCUT2D eigenvalue weighted by Gasteiger charge is 2.34. The molecule has 1 amide bonds. The summed E-state index contributed by atoms with van der Waals surface area (Å²) >= 11 is 3.23. The third-order valence-corrected chi connectivity index (χ3v) is 3.91. The van der Waals surface area contributed by atoms with E-state index in [4.69, 9.17) is 5.11 Å². The number of halogens is 1. The molecule has 8 heteroatoms. The highest BCUT2D eigenvalue weighted by atomic mass is 79.9. The fourth-order valence-corrected chi connectivity index (χ4v) is 2.57. The fourth-order valence-electron chi connectivity index (χ4n) is 2.07. The van der Waals surface area contributed by atoms with Gasteiger partial charge in [-0.2, -0.15) is 0 Å². The summed E-state index contributed by atoms with van der Waals surface area (Å²) in [6, 6.07) is 4.28. The number of nitro groups is 1. The van der Waals surface area contributed by atoms with Crippen LogP contribution in [0.25, 0.3) is 0 Å². The van der Waals surface area contributed by atoms with Crippen LogP contribution in [0.1, 0.15) is 12.0 Å². The predicted octanol–water partition coefficient (Wildman–Crippen LogP) is 1.79. The number of carbonyl (C=O) groups is 2. The molecule has 1 saturated heterocycles. The van der Waals surface area contributed by atoms with Crippen LogP contribution in [0.4, 0.5) is 5.69 Å². The van der Waals surface area contributed by atoms with E-state index in [1.165, 1.54) is 17.0 Å². The number of carbonyl (C=O) groups excluding carboxylic acids is 1. The standard InChI is InChI=1S/C12H11BrN2O5/c13-10-4-9(15(19)20)2-1-7(10)5-14-6-8(12(17)18)3-11(14)16/h1-2,4,8H,3,5-6H2,(H,17,18). The summed E-state index contributed by atoms with van der Waals surface area (Å²) in [4.78, 5) is 34.2. The zero-order chi connectivity index (χ0) is 14.9. The Morgan fingerprint density at radius 2 is 2.25 bits per heavy atom. The minimum atomic E-state index is -0.983. The molecule has 0 spiro atoms. The number of carboxylic acid groups (broad SMARTS) is 1. The zero-order valence-corrected chi connectivity index (χ0v) is 11.9. The van der Waals surface area contributed by atoms with E-state index in [1.54, 1.807) is 6.07 Å². The minimum absolute atomic E-state index is 0.0000657. The van der Waals surface area contributed by atoms with Crippen molar-refractivity contribution in [2.75, 3.05) is 6.54 Å². The van der Waals surface area contributed by atoms with Crippen LogP contribution in [0.15, 0.2) is 22.7 Å². The molecule has 1 heterocycles. The summed E-state index contributed by atoms with van der Waals surface area (Å²) in [6.45, 7) is 0.402. The minimum Gasteiger partial charge on any atom is -0.481 e. The van der Waals surface area contributed by atoms with E-state index in [9.17, 15) is 19.7 Å². The smallest absolute Gasteiger partial charge is 0.308 e. The van der Waals surface area contributed by atoms with Crippen molar-refractivity contribution in [2.24, 2.45) is 5.92 Å². The number of likely N-dealkylation sites (tertiary alicyclic amines) is 1. The van der Waals surface area contributed by atoms with Crippen molar-refractivity contribution in [3.63, 3.8) is 0 Å². The van der Waals surface area contributed by atoms with Crippen LogP contribution in [0, 0.1) is 16.0 Å². The van der Waals surface area contributed by atoms with Gasteiger partial charge in [-0.25, -0.2) is 0 Å². The highest BCUT2D eigenvalue weighted by molar-refractivity contribution is 9.10. The molecule has 0 saturated carbocycles. The normalized spacial score (nSPS) is 18.4. The number of benzene rings is 1. The van der Waals surface area contributed by atoms with E-state index in [1.807, 2.05) is 0 Å². The van der Waals surface area contributed by atoms with Gasteiger partial charge in [0.1, 0.15) is 0 Å². The second-order valence-electron chi connectivity index (χ2n) is 4.55. The molecule has 0 bridgehead atoms. The van der Waals surface area contributed by atoms with Crippen LogP contribution in [0.3, 0.4) is 0 Å². The van der Waals surface area contributed by atoms with Gasteiger partial charge < -0.3 is 10.0 Å². The molecule has 1 unspecified atom stereocenters. The number of aliphatic carboxylic acids is 1. The Morgan fingerprint density at radius 1 is 1.55 bits per heavy atom. The molecule has 1 atom stereocenters. The van der Waals surface area contributed by atoms with Crippen molar-refractivity contribution in [2.45, 2.75) is 13.0 Å². The maximum Gasteiger partial charge on any atom is 0.308 e. The Labute approximate surface area is 122 Å². The topological polar surface area (TPSA) is 101 Å². The van der Waals surface area contributed by atoms with Gasteiger partial charge in [-0.05, 0) is 11.6 Å². The summed E-state index contributed by atoms with van der Waals surface area (Å²) in [5, 5.41) is 19.5. The molecule has 1 aliphatic rings. The van der Waals surface area contributed by atoms with E-state index >= 15 is 0 Å². The van der Waals surface area contributed by atoms with Crippen LogP contribution >= 0.6 is 15.9 Å². The van der Waals surface area contributed by atoms with E-state index in [0.29, 0.717) is 10.0 Å². The molecule has 1 aromatic carbocycles. The number of amides is 1. The molecule has 0 aromatic heterocycles. The molecule has 20 heavy (non-hydrogen) atoms. The lowest BCUT2D eigenvalue weighted by atomic mass is 10.1. The molecule has 106 valence electrons. The van der Waals surface area contributed by atoms with Gasteiger partial charge >= 0.3 is 5.97 Å². The lowest BCUT2D eigenvalue weighted by molar-refractivity contribution is -0.384. The van der Waals surface area contributed by atoms with Crippen LogP contribution in [-0.2, 0) is 16.1 Å².